The van der Waals surface area contributed by atoms with Crippen LogP contribution in [0.4, 0.5) is 0 Å². The van der Waals surface area contributed by atoms with Gasteiger partial charge in [-0.1, -0.05) is 13.8 Å². The monoisotopic (exact) mass is 274 g/mol. The van der Waals surface area contributed by atoms with Gasteiger partial charge in [0.25, 0.3) is 0 Å². The van der Waals surface area contributed by atoms with E-state index in [1.807, 2.05) is 0 Å². The summed E-state index contributed by atoms with van der Waals surface area (Å²) < 4.78 is 11.0. The molecule has 0 bridgehead atoms. The molecular formula is C15H34N2O2. The number of nitrogens with two attached hydrogens (primary N) is 1. The average Bonchev–Trinajstić information content (AvgIpc) is 2.39. The van der Waals surface area contributed by atoms with Gasteiger partial charge in [0.15, 0.2) is 0 Å². The molecule has 0 heterocycles. The number of hydrogen-bond donors (Lipinski definition) is 2. The van der Waals surface area contributed by atoms with Crippen LogP contribution >= 0.6 is 0 Å². The third-order valence-corrected chi connectivity index (χ3v) is 2.87. The molecule has 0 aliphatic carbocycles. The summed E-state index contributed by atoms with van der Waals surface area (Å²) in [5.74, 6) is 0.741. The maximum Gasteiger partial charge on any atom is 0.0478 e. The van der Waals surface area contributed by atoms with Gasteiger partial charge in [-0.2, -0.15) is 0 Å². The average molecular weight is 274 g/mol. The molecule has 4 heteroatoms. The van der Waals surface area contributed by atoms with Crippen LogP contribution in [-0.4, -0.2) is 46.1 Å². The smallest absolute Gasteiger partial charge is 0.0478 e. The summed E-state index contributed by atoms with van der Waals surface area (Å²) in [6.45, 7) is 10.7. The van der Waals surface area contributed by atoms with Crippen molar-refractivity contribution in [2.45, 2.75) is 46.0 Å². The molecule has 0 rings (SSSR count). The summed E-state index contributed by atoms with van der Waals surface area (Å²) >= 11 is 0. The van der Waals surface area contributed by atoms with Crippen molar-refractivity contribution in [2.24, 2.45) is 11.7 Å². The van der Waals surface area contributed by atoms with Crippen molar-refractivity contribution in [1.82, 2.24) is 5.32 Å². The molecule has 0 saturated carbocycles. The molecule has 0 radical (unpaired) electrons. The second kappa shape index (κ2) is 15.9. The van der Waals surface area contributed by atoms with Crippen molar-refractivity contribution < 1.29 is 9.47 Å². The zero-order valence-corrected chi connectivity index (χ0v) is 13.0. The number of nitrogens with one attached hydrogen (secondary N) is 1. The second-order valence-corrected chi connectivity index (χ2v) is 5.36. The first-order chi connectivity index (χ1) is 9.27. The topological polar surface area (TPSA) is 56.5 Å². The van der Waals surface area contributed by atoms with Crippen LogP contribution in [0.25, 0.3) is 0 Å². The molecule has 0 aliphatic rings. The van der Waals surface area contributed by atoms with Crippen LogP contribution in [0.5, 0.6) is 0 Å². The maximum atomic E-state index is 5.56. The van der Waals surface area contributed by atoms with Gasteiger partial charge in [0.05, 0.1) is 0 Å². The molecule has 19 heavy (non-hydrogen) atoms. The van der Waals surface area contributed by atoms with Crippen molar-refractivity contribution in [1.29, 1.82) is 0 Å². The van der Waals surface area contributed by atoms with E-state index in [1.54, 1.807) is 0 Å². The van der Waals surface area contributed by atoms with Gasteiger partial charge in [0, 0.05) is 26.4 Å². The zero-order valence-electron chi connectivity index (χ0n) is 13.0. The van der Waals surface area contributed by atoms with Gasteiger partial charge in [0.2, 0.25) is 0 Å². The van der Waals surface area contributed by atoms with Crippen molar-refractivity contribution in [3.8, 4) is 0 Å². The van der Waals surface area contributed by atoms with Gasteiger partial charge in [-0.15, -0.1) is 0 Å². The molecule has 0 saturated heterocycles. The highest BCUT2D eigenvalue weighted by Crippen LogP contribution is 1.98. The highest BCUT2D eigenvalue weighted by Gasteiger charge is 1.94. The van der Waals surface area contributed by atoms with Crippen molar-refractivity contribution in [2.75, 3.05) is 46.1 Å². The van der Waals surface area contributed by atoms with E-state index >= 15 is 0 Å². The van der Waals surface area contributed by atoms with E-state index in [9.17, 15) is 0 Å². The number of unbranched alkanes of at least 4 members (excludes halogenated alkanes) is 1. The van der Waals surface area contributed by atoms with Crippen LogP contribution in [0.15, 0.2) is 0 Å². The Morgan fingerprint density at radius 2 is 1.47 bits per heavy atom. The van der Waals surface area contributed by atoms with Crippen LogP contribution in [0.3, 0.4) is 0 Å². The summed E-state index contributed by atoms with van der Waals surface area (Å²) in [7, 11) is 0. The third kappa shape index (κ3) is 17.8. The number of rotatable bonds is 15. The largest absolute Gasteiger partial charge is 0.381 e. The molecule has 0 aromatic heterocycles. The Morgan fingerprint density at radius 3 is 2.21 bits per heavy atom. The molecule has 0 aromatic carbocycles. The molecule has 0 spiro atoms. The SMILES string of the molecule is CC(C)CCOCCCNCCCCOCCCN. The van der Waals surface area contributed by atoms with E-state index in [0.29, 0.717) is 0 Å². The van der Waals surface area contributed by atoms with E-state index in [2.05, 4.69) is 19.2 Å². The predicted molar refractivity (Wildman–Crippen MR) is 81.5 cm³/mol. The van der Waals surface area contributed by atoms with Crippen molar-refractivity contribution in [3.05, 3.63) is 0 Å². The van der Waals surface area contributed by atoms with Gasteiger partial charge in [-0.25, -0.2) is 0 Å². The molecular weight excluding hydrogens is 240 g/mol. The minimum Gasteiger partial charge on any atom is -0.381 e. The summed E-state index contributed by atoms with van der Waals surface area (Å²) in [6, 6.07) is 0. The maximum absolute atomic E-state index is 5.56. The standard InChI is InChI=1S/C15H34N2O2/c1-15(2)7-14-19-13-6-10-17-9-3-4-11-18-12-5-8-16/h15,17H,3-14,16H2,1-2H3. The molecule has 0 aliphatic heterocycles. The molecule has 0 unspecified atom stereocenters. The molecule has 116 valence electrons. The lowest BCUT2D eigenvalue weighted by Gasteiger charge is -2.07. The summed E-state index contributed by atoms with van der Waals surface area (Å²) in [6.07, 6.45) is 5.54. The first kappa shape index (κ1) is 18.8. The minimum atomic E-state index is 0.723. The van der Waals surface area contributed by atoms with E-state index in [4.69, 9.17) is 15.2 Å². The first-order valence-corrected chi connectivity index (χ1v) is 7.83. The first-order valence-electron chi connectivity index (χ1n) is 7.83. The van der Waals surface area contributed by atoms with Crippen LogP contribution in [0.1, 0.15) is 46.0 Å². The molecule has 3 N–H and O–H groups in total. The van der Waals surface area contributed by atoms with E-state index in [1.165, 1.54) is 6.42 Å². The summed E-state index contributed by atoms with van der Waals surface area (Å²) in [5.41, 5.74) is 5.38. The van der Waals surface area contributed by atoms with Gasteiger partial charge in [0.1, 0.15) is 0 Å². The van der Waals surface area contributed by atoms with Crippen LogP contribution in [0, 0.1) is 5.92 Å². The van der Waals surface area contributed by atoms with Crippen molar-refractivity contribution in [3.63, 3.8) is 0 Å². The minimum absolute atomic E-state index is 0.723. The highest BCUT2D eigenvalue weighted by molar-refractivity contribution is 4.49. The Balaban J connectivity index is 2.91. The Bertz CT molecular complexity index is 166. The quantitative estimate of drug-likeness (QED) is 0.449. The molecule has 0 atom stereocenters. The third-order valence-electron chi connectivity index (χ3n) is 2.87. The summed E-state index contributed by atoms with van der Waals surface area (Å²) in [5, 5.41) is 3.43. The Labute approximate surface area is 119 Å². The Hall–Kier alpha value is -0.160. The van der Waals surface area contributed by atoms with Gasteiger partial charge in [-0.3, -0.25) is 0 Å². The van der Waals surface area contributed by atoms with Crippen LogP contribution in [0.2, 0.25) is 0 Å². The molecule has 4 nitrogen and oxygen atoms in total. The molecule has 0 aromatic rings. The predicted octanol–water partition coefficient (Wildman–Crippen LogP) is 2.17. The molecule has 0 fully saturated rings. The van der Waals surface area contributed by atoms with Crippen molar-refractivity contribution >= 4 is 0 Å². The fraction of sp³-hybridized carbons (Fsp3) is 1.00. The van der Waals surface area contributed by atoms with Gasteiger partial charge in [-0.05, 0) is 57.7 Å². The zero-order chi connectivity index (χ0) is 14.2. The van der Waals surface area contributed by atoms with E-state index < -0.39 is 0 Å². The lowest BCUT2D eigenvalue weighted by Crippen LogP contribution is -2.18. The van der Waals surface area contributed by atoms with Crippen LogP contribution < -0.4 is 11.1 Å². The number of ether oxygens (including phenoxy) is 2. The number of hydrogen-bond acceptors (Lipinski definition) is 4. The highest BCUT2D eigenvalue weighted by atomic mass is 16.5. The lowest BCUT2D eigenvalue weighted by molar-refractivity contribution is 0.120. The normalized spacial score (nSPS) is 11.4. The van der Waals surface area contributed by atoms with Gasteiger partial charge >= 0.3 is 0 Å². The van der Waals surface area contributed by atoms with E-state index in [0.717, 1.165) is 77.7 Å². The van der Waals surface area contributed by atoms with E-state index in [-0.39, 0.29) is 0 Å². The lowest BCUT2D eigenvalue weighted by atomic mass is 10.1. The molecule has 0 amide bonds. The van der Waals surface area contributed by atoms with Crippen LogP contribution in [-0.2, 0) is 9.47 Å². The van der Waals surface area contributed by atoms with Gasteiger partial charge < -0.3 is 20.5 Å². The Morgan fingerprint density at radius 1 is 0.842 bits per heavy atom. The fourth-order valence-electron chi connectivity index (χ4n) is 1.59. The fourth-order valence-corrected chi connectivity index (χ4v) is 1.59. The Kier molecular flexibility index (Phi) is 15.8. The second-order valence-electron chi connectivity index (χ2n) is 5.36. The summed E-state index contributed by atoms with van der Waals surface area (Å²) in [4.78, 5) is 0.